The van der Waals surface area contributed by atoms with E-state index >= 15 is 0 Å². The quantitative estimate of drug-likeness (QED) is 0.209. The third-order valence-corrected chi connectivity index (χ3v) is 9.53. The number of primary amides is 1. The summed E-state index contributed by atoms with van der Waals surface area (Å²) in [4.78, 5) is 53.7. The number of carbonyl (C=O) groups is 4. The molecule has 3 aliphatic carbocycles. The van der Waals surface area contributed by atoms with Gasteiger partial charge in [-0.15, -0.1) is 0 Å². The molecule has 1 fully saturated rings. The van der Waals surface area contributed by atoms with Crippen LogP contribution in [0.2, 0.25) is 0 Å². The number of carbonyl (C=O) groups excluding carboxylic acids is 4. The number of nitrogens with two attached hydrogens (primary N) is 1. The van der Waals surface area contributed by atoms with Gasteiger partial charge < -0.3 is 40.9 Å². The number of nitrogens with zero attached hydrogens (tertiary/aromatic N) is 3. The zero-order chi connectivity index (χ0) is 38.6. The van der Waals surface area contributed by atoms with Gasteiger partial charge in [-0.1, -0.05) is 5.16 Å². The molecule has 0 radical (unpaired) electrons. The normalized spacial score (nSPS) is 22.6. The van der Waals surface area contributed by atoms with Crippen LogP contribution in [-0.2, 0) is 27.0 Å². The predicted octanol–water partition coefficient (Wildman–Crippen LogP) is 3.28. The number of rotatable bonds is 5. The van der Waals surface area contributed by atoms with Gasteiger partial charge >= 0.3 is 6.18 Å². The van der Waals surface area contributed by atoms with Gasteiger partial charge in [0.2, 0.25) is 5.78 Å². The number of halogens is 3. The smallest absolute Gasteiger partial charge is 0.416 e. The van der Waals surface area contributed by atoms with E-state index in [1.165, 1.54) is 29.3 Å². The molecule has 52 heavy (non-hydrogen) atoms. The number of aliphatic hydroxyl groups excluding tert-OH is 2. The number of amides is 2. The molecular formula is C35H36F3N5O9. The molecule has 3 aliphatic rings. The zero-order valence-corrected chi connectivity index (χ0v) is 28.6. The van der Waals surface area contributed by atoms with Crippen molar-refractivity contribution in [3.05, 3.63) is 87.5 Å². The van der Waals surface area contributed by atoms with Crippen LogP contribution in [0.1, 0.15) is 39.2 Å². The summed E-state index contributed by atoms with van der Waals surface area (Å²) in [5.74, 6) is -6.69. The fraction of sp³-hybridized carbons (Fsp3) is 0.343. The monoisotopic (exact) mass is 727 g/mol. The number of likely N-dealkylation sites (N-methyl/N-ethyl adjacent to an activating group) is 1. The van der Waals surface area contributed by atoms with Crippen molar-refractivity contribution in [3.63, 3.8) is 0 Å². The van der Waals surface area contributed by atoms with Gasteiger partial charge in [-0.3, -0.25) is 24.1 Å². The Morgan fingerprint density at radius 2 is 1.67 bits per heavy atom. The van der Waals surface area contributed by atoms with Gasteiger partial charge in [-0.25, -0.2) is 0 Å². The molecule has 6 rings (SSSR count). The molecule has 1 aromatic heterocycles. The number of phenolic OH excluding ortho intramolecular Hbond substituents is 1. The van der Waals surface area contributed by atoms with Crippen LogP contribution in [0.5, 0.6) is 5.75 Å². The summed E-state index contributed by atoms with van der Waals surface area (Å²) in [6.45, 7) is 1.56. The third-order valence-electron chi connectivity index (χ3n) is 9.53. The first-order valence-corrected chi connectivity index (χ1v) is 15.8. The van der Waals surface area contributed by atoms with E-state index in [4.69, 9.17) is 10.3 Å². The number of benzene rings is 2. The zero-order valence-electron chi connectivity index (χ0n) is 28.6. The van der Waals surface area contributed by atoms with Crippen molar-refractivity contribution < 1.29 is 57.3 Å². The molecular weight excluding hydrogens is 691 g/mol. The minimum absolute atomic E-state index is 0.0638. The number of anilines is 2. The number of Topliss-reactive ketones (excluding diaryl/α,β-unsaturated/α-hetero) is 2. The number of aromatic hydroxyl groups is 1. The molecule has 276 valence electrons. The molecule has 0 aliphatic heterocycles. The molecule has 1 saturated carbocycles. The summed E-state index contributed by atoms with van der Waals surface area (Å²) in [5, 5.41) is 49.8. The molecule has 0 spiro atoms. The fourth-order valence-electron chi connectivity index (χ4n) is 7.10. The summed E-state index contributed by atoms with van der Waals surface area (Å²) in [6.07, 6.45) is -2.83. The molecule has 4 atom stereocenters. The van der Waals surface area contributed by atoms with E-state index in [9.17, 15) is 52.8 Å². The average molecular weight is 728 g/mol. The summed E-state index contributed by atoms with van der Waals surface area (Å²) in [5.41, 5.74) is 2.88. The maximum atomic E-state index is 13.7. The summed E-state index contributed by atoms with van der Waals surface area (Å²) >= 11 is 0. The highest BCUT2D eigenvalue weighted by molar-refractivity contribution is 6.24. The van der Waals surface area contributed by atoms with E-state index in [0.29, 0.717) is 11.3 Å². The SMILES string of the molecule is CN(C)c1ccc(O)c2c1C[C@H]1C[C@H]3[C@H](N(C)C)C(=O)C(C(N)=O)=C(O)[C@@]3(O)C(=O)C1=C2O.Cc1oncc1C(=O)Nc1ccc(C(F)(F)F)cc1. The van der Waals surface area contributed by atoms with E-state index in [1.54, 1.807) is 27.1 Å². The summed E-state index contributed by atoms with van der Waals surface area (Å²) in [6, 6.07) is 6.17. The maximum Gasteiger partial charge on any atom is 0.416 e. The van der Waals surface area contributed by atoms with Gasteiger partial charge in [0.15, 0.2) is 11.4 Å². The van der Waals surface area contributed by atoms with Gasteiger partial charge in [0.25, 0.3) is 11.8 Å². The number of aryl methyl sites for hydroxylation is 1. The third kappa shape index (κ3) is 6.25. The van der Waals surface area contributed by atoms with Gasteiger partial charge in [-0.05, 0) is 81.7 Å². The predicted molar refractivity (Wildman–Crippen MR) is 179 cm³/mol. The number of ketones is 2. The van der Waals surface area contributed by atoms with E-state index < -0.39 is 75.7 Å². The van der Waals surface area contributed by atoms with Crippen molar-refractivity contribution in [1.29, 1.82) is 0 Å². The van der Waals surface area contributed by atoms with Gasteiger partial charge in [0, 0.05) is 37.0 Å². The Labute approximate surface area is 294 Å². The van der Waals surface area contributed by atoms with Crippen LogP contribution in [0.15, 0.2) is 64.0 Å². The van der Waals surface area contributed by atoms with Crippen LogP contribution in [0.25, 0.3) is 5.76 Å². The molecule has 14 nitrogen and oxygen atoms in total. The molecule has 2 aromatic carbocycles. The second-order valence-electron chi connectivity index (χ2n) is 13.1. The molecule has 17 heteroatoms. The van der Waals surface area contributed by atoms with Crippen LogP contribution in [0, 0.1) is 18.8 Å². The minimum atomic E-state index is -4.40. The Bertz CT molecular complexity index is 2040. The Kier molecular flexibility index (Phi) is 9.73. The first-order chi connectivity index (χ1) is 24.2. The van der Waals surface area contributed by atoms with Crippen LogP contribution in [0.4, 0.5) is 24.5 Å². The Hall–Kier alpha value is -5.68. The van der Waals surface area contributed by atoms with E-state index in [2.05, 4.69) is 10.5 Å². The number of hydrogen-bond donors (Lipinski definition) is 6. The van der Waals surface area contributed by atoms with E-state index in [0.717, 1.165) is 17.8 Å². The molecule has 0 saturated heterocycles. The lowest BCUT2D eigenvalue weighted by molar-refractivity contribution is -0.153. The lowest BCUT2D eigenvalue weighted by atomic mass is 9.57. The number of phenols is 1. The lowest BCUT2D eigenvalue weighted by Gasteiger charge is -2.50. The first-order valence-electron chi connectivity index (χ1n) is 15.8. The number of aromatic nitrogens is 1. The van der Waals surface area contributed by atoms with Crippen LogP contribution >= 0.6 is 0 Å². The summed E-state index contributed by atoms with van der Waals surface area (Å²) < 4.78 is 41.8. The van der Waals surface area contributed by atoms with Gasteiger partial charge in [-0.2, -0.15) is 13.2 Å². The highest BCUT2D eigenvalue weighted by Gasteiger charge is 2.64. The number of hydrogen-bond acceptors (Lipinski definition) is 12. The van der Waals surface area contributed by atoms with Crippen molar-refractivity contribution in [1.82, 2.24) is 10.1 Å². The highest BCUT2D eigenvalue weighted by atomic mass is 19.4. The van der Waals surface area contributed by atoms with Crippen LogP contribution < -0.4 is 16.0 Å². The van der Waals surface area contributed by atoms with Crippen molar-refractivity contribution in [2.75, 3.05) is 38.4 Å². The minimum Gasteiger partial charge on any atom is -0.508 e. The second-order valence-corrected chi connectivity index (χ2v) is 13.1. The molecule has 0 bridgehead atoms. The molecule has 3 aromatic rings. The van der Waals surface area contributed by atoms with Crippen molar-refractivity contribution in [2.45, 2.75) is 37.6 Å². The maximum absolute atomic E-state index is 13.7. The lowest BCUT2D eigenvalue weighted by Crippen LogP contribution is -2.65. The number of aliphatic hydroxyl groups is 3. The average Bonchev–Trinajstić information content (AvgIpc) is 3.48. The van der Waals surface area contributed by atoms with Crippen molar-refractivity contribution in [2.24, 2.45) is 17.6 Å². The van der Waals surface area contributed by atoms with E-state index in [-0.39, 0.29) is 41.0 Å². The molecule has 0 unspecified atom stereocenters. The summed E-state index contributed by atoms with van der Waals surface area (Å²) in [7, 11) is 6.75. The van der Waals surface area contributed by atoms with Crippen LogP contribution in [0.3, 0.4) is 0 Å². The standard InChI is InChI=1S/C23H27N3O7.C12H9F3N2O2/c1-25(2)12-5-6-13(27)15-10(12)7-9-8-11-17(26(3)4)19(29)16(22(24)32)21(31)23(11,33)20(30)14(9)18(15)28;1-7-10(6-16-19-7)11(18)17-9-4-2-8(3-5-9)12(13,14)15/h5-6,9,11,17,27-28,31,33H,7-8H2,1-4H3,(H2,24,32);2-6H,1H3,(H,17,18)/t9-,11-,17-,23-;/m0./s1. The van der Waals surface area contributed by atoms with E-state index in [1.807, 2.05) is 19.0 Å². The van der Waals surface area contributed by atoms with Gasteiger partial charge in [0.05, 0.1) is 23.4 Å². The molecule has 2 amide bonds. The number of nitrogens with one attached hydrogen (secondary N) is 1. The molecule has 1 heterocycles. The fourth-order valence-corrected chi connectivity index (χ4v) is 7.10. The van der Waals surface area contributed by atoms with Gasteiger partial charge in [0.1, 0.15) is 34.2 Å². The number of alkyl halides is 3. The Balaban J connectivity index is 0.000000233. The molecule has 7 N–H and O–H groups in total. The second kappa shape index (κ2) is 13.5. The topological polar surface area (TPSA) is 220 Å². The Morgan fingerprint density at radius 1 is 1.04 bits per heavy atom. The first kappa shape index (κ1) is 37.6. The Morgan fingerprint density at radius 3 is 2.19 bits per heavy atom. The number of fused-ring (bicyclic) bond motifs is 3. The highest BCUT2D eigenvalue weighted by Crippen LogP contribution is 2.53. The van der Waals surface area contributed by atoms with Crippen molar-refractivity contribution >= 4 is 40.5 Å². The largest absolute Gasteiger partial charge is 0.508 e. The van der Waals surface area contributed by atoms with Crippen molar-refractivity contribution in [3.8, 4) is 5.75 Å². The van der Waals surface area contributed by atoms with Crippen LogP contribution in [-0.4, -0.2) is 93.7 Å².